The summed E-state index contributed by atoms with van der Waals surface area (Å²) in [6.45, 7) is 3.71. The van der Waals surface area contributed by atoms with E-state index in [0.29, 0.717) is 11.4 Å². The van der Waals surface area contributed by atoms with Gasteiger partial charge in [0.2, 0.25) is 0 Å². The number of rotatable bonds is 3. The van der Waals surface area contributed by atoms with Crippen LogP contribution in [0.3, 0.4) is 0 Å². The zero-order valence-corrected chi connectivity index (χ0v) is 11.5. The third-order valence-corrected chi connectivity index (χ3v) is 3.59. The van der Waals surface area contributed by atoms with Crippen LogP contribution in [-0.2, 0) is 4.79 Å². The summed E-state index contributed by atoms with van der Waals surface area (Å²) in [5, 5.41) is 0. The van der Waals surface area contributed by atoms with E-state index in [1.165, 1.54) is 12.8 Å². The van der Waals surface area contributed by atoms with Gasteiger partial charge in [-0.25, -0.2) is 0 Å². The fourth-order valence-corrected chi connectivity index (χ4v) is 2.33. The van der Waals surface area contributed by atoms with Crippen LogP contribution in [0.2, 0.25) is 0 Å². The summed E-state index contributed by atoms with van der Waals surface area (Å²) in [4.78, 5) is 14.0. The molecule has 0 aliphatic carbocycles. The first-order valence-corrected chi connectivity index (χ1v) is 6.94. The molecule has 1 aromatic carbocycles. The quantitative estimate of drug-likeness (QED) is 0.851. The van der Waals surface area contributed by atoms with Gasteiger partial charge in [-0.05, 0) is 31.4 Å². The molecule has 0 bridgehead atoms. The van der Waals surface area contributed by atoms with Crippen molar-refractivity contribution in [2.75, 3.05) is 25.4 Å². The molecule has 104 valence electrons. The van der Waals surface area contributed by atoms with Gasteiger partial charge in [0.05, 0.1) is 5.69 Å². The van der Waals surface area contributed by atoms with E-state index < -0.39 is 0 Å². The van der Waals surface area contributed by atoms with Gasteiger partial charge in [0.15, 0.2) is 6.61 Å². The molecule has 4 nitrogen and oxygen atoms in total. The van der Waals surface area contributed by atoms with E-state index in [-0.39, 0.29) is 12.5 Å². The van der Waals surface area contributed by atoms with Crippen molar-refractivity contribution in [3.05, 3.63) is 23.8 Å². The molecular weight excluding hydrogens is 240 g/mol. The molecular formula is C15H22N2O2. The minimum atomic E-state index is 0.0582. The number of carbonyl (C=O) groups is 1. The van der Waals surface area contributed by atoms with Crippen LogP contribution in [0.1, 0.15) is 31.2 Å². The first-order chi connectivity index (χ1) is 9.18. The minimum absolute atomic E-state index is 0.0582. The Morgan fingerprint density at radius 2 is 1.95 bits per heavy atom. The predicted octanol–water partition coefficient (Wildman–Crippen LogP) is 2.36. The Hall–Kier alpha value is -1.71. The molecule has 1 aliphatic heterocycles. The molecule has 2 rings (SSSR count). The predicted molar refractivity (Wildman–Crippen MR) is 76.1 cm³/mol. The van der Waals surface area contributed by atoms with E-state index in [4.69, 9.17) is 10.5 Å². The highest BCUT2D eigenvalue weighted by Gasteiger charge is 2.16. The Balaban J connectivity index is 1.90. The number of amides is 1. The molecule has 1 aliphatic rings. The number of aryl methyl sites for hydroxylation is 1. The minimum Gasteiger partial charge on any atom is -0.482 e. The van der Waals surface area contributed by atoms with E-state index >= 15 is 0 Å². The lowest BCUT2D eigenvalue weighted by atomic mass is 10.2. The van der Waals surface area contributed by atoms with Crippen molar-refractivity contribution in [3.63, 3.8) is 0 Å². The smallest absolute Gasteiger partial charge is 0.260 e. The summed E-state index contributed by atoms with van der Waals surface area (Å²) in [6.07, 6.45) is 4.63. The zero-order chi connectivity index (χ0) is 13.7. The molecule has 1 heterocycles. The average molecular weight is 262 g/mol. The van der Waals surface area contributed by atoms with Crippen LogP contribution in [0.15, 0.2) is 18.2 Å². The summed E-state index contributed by atoms with van der Waals surface area (Å²) in [7, 11) is 0. The molecule has 0 unspecified atom stereocenters. The molecule has 1 fully saturated rings. The number of ether oxygens (including phenoxy) is 1. The molecule has 19 heavy (non-hydrogen) atoms. The Labute approximate surface area is 114 Å². The highest BCUT2D eigenvalue weighted by atomic mass is 16.5. The second kappa shape index (κ2) is 6.45. The van der Waals surface area contributed by atoms with Gasteiger partial charge < -0.3 is 15.4 Å². The van der Waals surface area contributed by atoms with Crippen molar-refractivity contribution in [1.82, 2.24) is 4.90 Å². The molecule has 0 spiro atoms. The molecule has 0 radical (unpaired) electrons. The van der Waals surface area contributed by atoms with Gasteiger partial charge in [-0.15, -0.1) is 0 Å². The first-order valence-electron chi connectivity index (χ1n) is 6.94. The number of benzene rings is 1. The number of nitrogen functional groups attached to an aromatic ring is 1. The van der Waals surface area contributed by atoms with E-state index in [1.54, 1.807) is 6.07 Å². The standard InChI is InChI=1S/C15H22N2O2/c1-12-7-6-8-13(15(12)16)19-11-14(18)17-9-4-2-3-5-10-17/h6-8H,2-5,9-11,16H2,1H3. The largest absolute Gasteiger partial charge is 0.482 e. The number of hydrogen-bond acceptors (Lipinski definition) is 3. The van der Waals surface area contributed by atoms with Crippen LogP contribution in [0, 0.1) is 6.92 Å². The molecule has 1 aromatic rings. The topological polar surface area (TPSA) is 55.6 Å². The third-order valence-electron chi connectivity index (χ3n) is 3.59. The summed E-state index contributed by atoms with van der Waals surface area (Å²) in [5.41, 5.74) is 7.51. The van der Waals surface area contributed by atoms with Crippen LogP contribution in [-0.4, -0.2) is 30.5 Å². The highest BCUT2D eigenvalue weighted by Crippen LogP contribution is 2.24. The van der Waals surface area contributed by atoms with Gasteiger partial charge in [-0.3, -0.25) is 4.79 Å². The Kier molecular flexibility index (Phi) is 4.66. The Bertz CT molecular complexity index is 438. The van der Waals surface area contributed by atoms with Crippen molar-refractivity contribution in [3.8, 4) is 5.75 Å². The van der Waals surface area contributed by atoms with E-state index in [9.17, 15) is 4.79 Å². The van der Waals surface area contributed by atoms with Crippen molar-refractivity contribution in [1.29, 1.82) is 0 Å². The number of carbonyl (C=O) groups excluding carboxylic acids is 1. The second-order valence-electron chi connectivity index (χ2n) is 5.07. The SMILES string of the molecule is Cc1cccc(OCC(=O)N2CCCCCC2)c1N. The molecule has 4 heteroatoms. The fraction of sp³-hybridized carbons (Fsp3) is 0.533. The number of para-hydroxylation sites is 1. The number of nitrogens with zero attached hydrogens (tertiary/aromatic N) is 1. The van der Waals surface area contributed by atoms with Crippen molar-refractivity contribution in [2.24, 2.45) is 0 Å². The van der Waals surface area contributed by atoms with Gasteiger partial charge >= 0.3 is 0 Å². The van der Waals surface area contributed by atoms with E-state index in [2.05, 4.69) is 0 Å². The van der Waals surface area contributed by atoms with Gasteiger partial charge in [0, 0.05) is 13.1 Å². The Morgan fingerprint density at radius 1 is 1.26 bits per heavy atom. The van der Waals surface area contributed by atoms with Crippen LogP contribution < -0.4 is 10.5 Å². The van der Waals surface area contributed by atoms with Gasteiger partial charge in [-0.2, -0.15) is 0 Å². The molecule has 0 aromatic heterocycles. The zero-order valence-electron chi connectivity index (χ0n) is 11.5. The highest BCUT2D eigenvalue weighted by molar-refractivity contribution is 5.78. The van der Waals surface area contributed by atoms with Crippen molar-refractivity contribution < 1.29 is 9.53 Å². The first kappa shape index (κ1) is 13.7. The molecule has 0 saturated carbocycles. The normalized spacial score (nSPS) is 15.9. The molecule has 1 amide bonds. The molecule has 2 N–H and O–H groups in total. The number of hydrogen-bond donors (Lipinski definition) is 1. The monoisotopic (exact) mass is 262 g/mol. The number of anilines is 1. The van der Waals surface area contributed by atoms with Crippen LogP contribution >= 0.6 is 0 Å². The van der Waals surface area contributed by atoms with Crippen LogP contribution in [0.4, 0.5) is 5.69 Å². The van der Waals surface area contributed by atoms with Gasteiger partial charge in [0.25, 0.3) is 5.91 Å². The molecule has 0 atom stereocenters. The van der Waals surface area contributed by atoms with Gasteiger partial charge in [-0.1, -0.05) is 25.0 Å². The summed E-state index contributed by atoms with van der Waals surface area (Å²) in [6, 6.07) is 5.62. The van der Waals surface area contributed by atoms with E-state index in [0.717, 1.165) is 31.5 Å². The summed E-state index contributed by atoms with van der Waals surface area (Å²) < 4.78 is 5.56. The Morgan fingerprint density at radius 3 is 2.63 bits per heavy atom. The second-order valence-corrected chi connectivity index (χ2v) is 5.07. The lowest BCUT2D eigenvalue weighted by Gasteiger charge is -2.20. The maximum atomic E-state index is 12.1. The summed E-state index contributed by atoms with van der Waals surface area (Å²) in [5.74, 6) is 0.658. The van der Waals surface area contributed by atoms with Crippen LogP contribution in [0.25, 0.3) is 0 Å². The number of nitrogens with two attached hydrogens (primary N) is 1. The summed E-state index contributed by atoms with van der Waals surface area (Å²) >= 11 is 0. The lowest BCUT2D eigenvalue weighted by Crippen LogP contribution is -2.35. The van der Waals surface area contributed by atoms with Crippen molar-refractivity contribution >= 4 is 11.6 Å². The van der Waals surface area contributed by atoms with E-state index in [1.807, 2.05) is 24.0 Å². The van der Waals surface area contributed by atoms with Crippen molar-refractivity contribution in [2.45, 2.75) is 32.6 Å². The van der Waals surface area contributed by atoms with Crippen LogP contribution in [0.5, 0.6) is 5.75 Å². The average Bonchev–Trinajstić information content (AvgIpc) is 2.69. The maximum absolute atomic E-state index is 12.1. The fourth-order valence-electron chi connectivity index (χ4n) is 2.33. The van der Waals surface area contributed by atoms with Gasteiger partial charge in [0.1, 0.15) is 5.75 Å². The molecule has 1 saturated heterocycles. The number of likely N-dealkylation sites (tertiary alicyclic amines) is 1. The maximum Gasteiger partial charge on any atom is 0.260 e. The third kappa shape index (κ3) is 3.63. The lowest BCUT2D eigenvalue weighted by molar-refractivity contribution is -0.133.